The van der Waals surface area contributed by atoms with Crippen LogP contribution in [-0.4, -0.2) is 22.8 Å². The topological polar surface area (TPSA) is 26.3 Å². The Morgan fingerprint density at radius 2 is 2.18 bits per heavy atom. The van der Waals surface area contributed by atoms with E-state index in [0.717, 1.165) is 0 Å². The first-order valence-corrected chi connectivity index (χ1v) is 5.04. The number of esters is 1. The summed E-state index contributed by atoms with van der Waals surface area (Å²) in [7, 11) is 0. The molecule has 1 atom stereocenters. The maximum absolute atomic E-state index is 11.0. The minimum Gasteiger partial charge on any atom is -0.462 e. The molecule has 0 heterocycles. The fourth-order valence-electron chi connectivity index (χ4n) is 0.520. The normalized spacial score (nSPS) is 13.2. The van der Waals surface area contributed by atoms with Gasteiger partial charge in [0, 0.05) is 5.33 Å². The van der Waals surface area contributed by atoms with Crippen molar-refractivity contribution in [1.82, 2.24) is 0 Å². The van der Waals surface area contributed by atoms with Crippen molar-refractivity contribution in [2.45, 2.75) is 31.7 Å². The summed E-state index contributed by atoms with van der Waals surface area (Å²) in [6.45, 7) is 3.60. The third-order valence-electron chi connectivity index (χ3n) is 0.970. The summed E-state index contributed by atoms with van der Waals surface area (Å²) < 4.78 is 4.87. The molecule has 0 aliphatic rings. The lowest BCUT2D eigenvalue weighted by Gasteiger charge is -2.10. The standard InChI is InChI=1S/C7H12BrClO2/c1-5(2)11-7(10)6(9)3-4-8/h5-6H,3-4H2,1-2H3. The molecule has 0 N–H and O–H groups in total. The number of ether oxygens (including phenoxy) is 1. The molecule has 0 rings (SSSR count). The van der Waals surface area contributed by atoms with Gasteiger partial charge >= 0.3 is 5.97 Å². The van der Waals surface area contributed by atoms with Crippen LogP contribution in [0.3, 0.4) is 0 Å². The molecule has 0 aromatic carbocycles. The van der Waals surface area contributed by atoms with E-state index in [1.54, 1.807) is 13.8 Å². The SMILES string of the molecule is CC(C)OC(=O)C(Cl)CCBr. The van der Waals surface area contributed by atoms with E-state index in [0.29, 0.717) is 11.8 Å². The molecule has 0 saturated heterocycles. The van der Waals surface area contributed by atoms with E-state index in [9.17, 15) is 4.79 Å². The summed E-state index contributed by atoms with van der Waals surface area (Å²) in [6.07, 6.45) is 0.520. The molecule has 4 heteroatoms. The van der Waals surface area contributed by atoms with Gasteiger partial charge in [0.25, 0.3) is 0 Å². The van der Waals surface area contributed by atoms with Gasteiger partial charge in [-0.25, -0.2) is 0 Å². The van der Waals surface area contributed by atoms with Crippen LogP contribution in [0, 0.1) is 0 Å². The molecule has 0 bridgehead atoms. The van der Waals surface area contributed by atoms with Crippen molar-refractivity contribution < 1.29 is 9.53 Å². The third-order valence-corrected chi connectivity index (χ3v) is 1.82. The molecule has 0 aromatic heterocycles. The van der Waals surface area contributed by atoms with Gasteiger partial charge in [-0.1, -0.05) is 15.9 Å². The quantitative estimate of drug-likeness (QED) is 0.560. The van der Waals surface area contributed by atoms with Crippen molar-refractivity contribution >= 4 is 33.5 Å². The molecule has 0 fully saturated rings. The third kappa shape index (κ3) is 5.50. The molecule has 11 heavy (non-hydrogen) atoms. The molecule has 66 valence electrons. The number of carbonyl (C=O) groups is 1. The summed E-state index contributed by atoms with van der Waals surface area (Å²) in [4.78, 5) is 11.0. The Balaban J connectivity index is 3.64. The smallest absolute Gasteiger partial charge is 0.324 e. The maximum atomic E-state index is 11.0. The zero-order chi connectivity index (χ0) is 8.85. The van der Waals surface area contributed by atoms with Gasteiger partial charge in [-0.15, -0.1) is 11.6 Å². The largest absolute Gasteiger partial charge is 0.462 e. The first-order chi connectivity index (χ1) is 5.07. The highest BCUT2D eigenvalue weighted by Crippen LogP contribution is 2.07. The van der Waals surface area contributed by atoms with Crippen LogP contribution in [0.15, 0.2) is 0 Å². The molecule has 0 aromatic rings. The Morgan fingerprint density at radius 3 is 2.55 bits per heavy atom. The van der Waals surface area contributed by atoms with Crippen LogP contribution >= 0.6 is 27.5 Å². The Hall–Kier alpha value is 0.240. The predicted octanol–water partition coefficient (Wildman–Crippen LogP) is 2.33. The van der Waals surface area contributed by atoms with E-state index < -0.39 is 5.38 Å². The molecule has 0 aliphatic carbocycles. The summed E-state index contributed by atoms with van der Waals surface area (Å²) in [6, 6.07) is 0. The molecule has 1 unspecified atom stereocenters. The van der Waals surface area contributed by atoms with E-state index in [2.05, 4.69) is 15.9 Å². The molecule has 0 aliphatic heterocycles. The Bertz CT molecular complexity index is 128. The summed E-state index contributed by atoms with van der Waals surface area (Å²) in [5, 5.41) is 0.200. The molecular weight excluding hydrogens is 231 g/mol. The van der Waals surface area contributed by atoms with Crippen molar-refractivity contribution in [3.05, 3.63) is 0 Å². The maximum Gasteiger partial charge on any atom is 0.324 e. The number of hydrogen-bond acceptors (Lipinski definition) is 2. The van der Waals surface area contributed by atoms with E-state index in [-0.39, 0.29) is 12.1 Å². The zero-order valence-electron chi connectivity index (χ0n) is 6.64. The van der Waals surface area contributed by atoms with Crippen molar-refractivity contribution in [3.63, 3.8) is 0 Å². The highest BCUT2D eigenvalue weighted by Gasteiger charge is 2.16. The summed E-state index contributed by atoms with van der Waals surface area (Å²) in [5.74, 6) is -0.332. The van der Waals surface area contributed by atoms with Gasteiger partial charge in [0.2, 0.25) is 0 Å². The monoisotopic (exact) mass is 242 g/mol. The van der Waals surface area contributed by atoms with E-state index in [1.165, 1.54) is 0 Å². The zero-order valence-corrected chi connectivity index (χ0v) is 8.98. The minimum absolute atomic E-state index is 0.0842. The van der Waals surface area contributed by atoms with Crippen molar-refractivity contribution in [2.75, 3.05) is 5.33 Å². The van der Waals surface area contributed by atoms with Gasteiger partial charge in [-0.05, 0) is 20.3 Å². The Morgan fingerprint density at radius 1 is 1.64 bits per heavy atom. The number of hydrogen-bond donors (Lipinski definition) is 0. The average molecular weight is 244 g/mol. The van der Waals surface area contributed by atoms with E-state index in [4.69, 9.17) is 16.3 Å². The number of halogens is 2. The van der Waals surface area contributed by atoms with Crippen molar-refractivity contribution in [2.24, 2.45) is 0 Å². The molecule has 0 saturated carbocycles. The van der Waals surface area contributed by atoms with Gasteiger partial charge in [-0.3, -0.25) is 4.79 Å². The van der Waals surface area contributed by atoms with Crippen LogP contribution < -0.4 is 0 Å². The number of alkyl halides is 2. The van der Waals surface area contributed by atoms with Gasteiger partial charge in [-0.2, -0.15) is 0 Å². The predicted molar refractivity (Wildman–Crippen MR) is 49.3 cm³/mol. The molecule has 2 nitrogen and oxygen atoms in total. The second kappa shape index (κ2) is 5.84. The number of rotatable bonds is 4. The van der Waals surface area contributed by atoms with Crippen LogP contribution in [0.4, 0.5) is 0 Å². The second-order valence-electron chi connectivity index (χ2n) is 2.43. The Labute approximate surface area is 80.4 Å². The summed E-state index contributed by atoms with van der Waals surface area (Å²) in [5.41, 5.74) is 0. The fraction of sp³-hybridized carbons (Fsp3) is 0.857. The van der Waals surface area contributed by atoms with E-state index >= 15 is 0 Å². The first kappa shape index (κ1) is 11.2. The van der Waals surface area contributed by atoms with Gasteiger partial charge in [0.15, 0.2) is 0 Å². The van der Waals surface area contributed by atoms with Gasteiger partial charge in [0.1, 0.15) is 5.38 Å². The van der Waals surface area contributed by atoms with Crippen molar-refractivity contribution in [3.8, 4) is 0 Å². The Kier molecular flexibility index (Phi) is 5.96. The molecule has 0 radical (unpaired) electrons. The van der Waals surface area contributed by atoms with Crippen LogP contribution in [0.1, 0.15) is 20.3 Å². The molecule has 0 spiro atoms. The lowest BCUT2D eigenvalue weighted by Crippen LogP contribution is -2.21. The molecule has 0 amide bonds. The second-order valence-corrected chi connectivity index (χ2v) is 3.75. The average Bonchev–Trinajstić information content (AvgIpc) is 1.86. The molecular formula is C7H12BrClO2. The van der Waals surface area contributed by atoms with Crippen molar-refractivity contribution in [1.29, 1.82) is 0 Å². The first-order valence-electron chi connectivity index (χ1n) is 3.48. The van der Waals surface area contributed by atoms with Gasteiger partial charge < -0.3 is 4.74 Å². The lowest BCUT2D eigenvalue weighted by atomic mass is 10.3. The van der Waals surface area contributed by atoms with E-state index in [1.807, 2.05) is 0 Å². The highest BCUT2D eigenvalue weighted by molar-refractivity contribution is 9.09. The minimum atomic E-state index is -0.517. The lowest BCUT2D eigenvalue weighted by molar-refractivity contribution is -0.146. The van der Waals surface area contributed by atoms with Crippen LogP contribution in [-0.2, 0) is 9.53 Å². The highest BCUT2D eigenvalue weighted by atomic mass is 79.9. The summed E-state index contributed by atoms with van der Waals surface area (Å²) >= 11 is 8.86. The van der Waals surface area contributed by atoms with Crippen LogP contribution in [0.2, 0.25) is 0 Å². The fourth-order valence-corrected chi connectivity index (χ4v) is 1.40. The van der Waals surface area contributed by atoms with Gasteiger partial charge in [0.05, 0.1) is 6.10 Å². The van der Waals surface area contributed by atoms with Crippen LogP contribution in [0.5, 0.6) is 0 Å². The number of carbonyl (C=O) groups excluding carboxylic acids is 1. The van der Waals surface area contributed by atoms with Crippen LogP contribution in [0.25, 0.3) is 0 Å².